The van der Waals surface area contributed by atoms with Crippen LogP contribution >= 0.6 is 0 Å². The van der Waals surface area contributed by atoms with Gasteiger partial charge in [0.2, 0.25) is 11.5 Å². The third kappa shape index (κ3) is 7.42. The van der Waals surface area contributed by atoms with Crippen LogP contribution in [0, 0.1) is 0 Å². The number of ketones is 1. The molecule has 1 aromatic carbocycles. The van der Waals surface area contributed by atoms with Gasteiger partial charge in [-0.2, -0.15) is 31.3 Å². The SMILES string of the molecule is O=C(Nc1ccccc1C(F)(F)F)NC1CCN(c2ccc(CC(=O)c3oc(N4CCCCC4)nc3C(F)(F)F)cn2)CC1. The van der Waals surface area contributed by atoms with Gasteiger partial charge in [0.05, 0.1) is 11.3 Å². The number of pyridine rings is 1. The highest BCUT2D eigenvalue weighted by Gasteiger charge is 2.42. The summed E-state index contributed by atoms with van der Waals surface area (Å²) in [6.45, 7) is 1.99. The zero-order valence-corrected chi connectivity index (χ0v) is 23.5. The summed E-state index contributed by atoms with van der Waals surface area (Å²) in [6, 6.07) is 6.76. The molecule has 3 aromatic rings. The number of nitrogens with zero attached hydrogens (tertiary/aromatic N) is 4. The highest BCUT2D eigenvalue weighted by Crippen LogP contribution is 2.36. The summed E-state index contributed by atoms with van der Waals surface area (Å²) < 4.78 is 85.9. The van der Waals surface area contributed by atoms with E-state index in [1.807, 2.05) is 4.90 Å². The number of anilines is 3. The van der Waals surface area contributed by atoms with E-state index in [-0.39, 0.29) is 24.2 Å². The van der Waals surface area contributed by atoms with E-state index in [4.69, 9.17) is 4.42 Å². The number of carbonyl (C=O) groups is 2. The molecule has 0 radical (unpaired) electrons. The van der Waals surface area contributed by atoms with Crippen molar-refractivity contribution in [2.24, 2.45) is 0 Å². The third-order valence-corrected chi connectivity index (χ3v) is 7.57. The van der Waals surface area contributed by atoms with Crippen molar-refractivity contribution in [1.82, 2.24) is 15.3 Å². The molecule has 2 amide bonds. The second kappa shape index (κ2) is 12.7. The number of halogens is 6. The number of Topliss-reactive ketones (excluding diaryl/α,β-unsaturated/α-hetero) is 1. The fraction of sp³-hybridized carbons (Fsp3) is 0.448. The molecule has 0 unspecified atom stereocenters. The number of amides is 2. The lowest BCUT2D eigenvalue weighted by Gasteiger charge is -2.33. The Morgan fingerprint density at radius 3 is 2.23 bits per heavy atom. The molecule has 44 heavy (non-hydrogen) atoms. The molecule has 4 heterocycles. The molecule has 0 bridgehead atoms. The average molecular weight is 625 g/mol. The summed E-state index contributed by atoms with van der Waals surface area (Å²) in [5.41, 5.74) is -2.21. The fourth-order valence-corrected chi connectivity index (χ4v) is 5.32. The second-order valence-corrected chi connectivity index (χ2v) is 10.7. The van der Waals surface area contributed by atoms with E-state index in [1.54, 1.807) is 17.0 Å². The van der Waals surface area contributed by atoms with Gasteiger partial charge in [0.1, 0.15) is 5.82 Å². The molecular formula is C29H30F6N6O3. The number of hydrogen-bond donors (Lipinski definition) is 2. The van der Waals surface area contributed by atoms with Gasteiger partial charge < -0.3 is 24.9 Å². The van der Waals surface area contributed by atoms with Gasteiger partial charge in [-0.1, -0.05) is 18.2 Å². The minimum Gasteiger partial charge on any atom is -0.420 e. The molecule has 2 saturated heterocycles. The number of oxazole rings is 1. The lowest BCUT2D eigenvalue weighted by Crippen LogP contribution is -2.46. The van der Waals surface area contributed by atoms with Crippen molar-refractivity contribution < 1.29 is 40.3 Å². The molecule has 0 spiro atoms. The lowest BCUT2D eigenvalue weighted by atomic mass is 10.0. The van der Waals surface area contributed by atoms with E-state index in [2.05, 4.69) is 20.6 Å². The van der Waals surface area contributed by atoms with Gasteiger partial charge in [0, 0.05) is 44.8 Å². The van der Waals surface area contributed by atoms with Crippen LogP contribution in [-0.2, 0) is 18.8 Å². The Balaban J connectivity index is 1.15. The Morgan fingerprint density at radius 2 is 1.59 bits per heavy atom. The zero-order chi connectivity index (χ0) is 31.5. The summed E-state index contributed by atoms with van der Waals surface area (Å²) in [5, 5.41) is 4.97. The standard InChI is InChI=1S/C29H30F6N6O3/c30-28(31,32)20-6-2-3-7-21(20)38-26(43)37-19-10-14-40(15-11-19)23-9-8-18(17-36-23)16-22(42)24-25(29(33,34)35)39-27(44-24)41-12-4-1-5-13-41/h2-3,6-9,17,19H,1,4-5,10-16H2,(H2,37,38,43). The van der Waals surface area contributed by atoms with Crippen molar-refractivity contribution in [2.75, 3.05) is 41.3 Å². The fourth-order valence-electron chi connectivity index (χ4n) is 5.32. The average Bonchev–Trinajstić information content (AvgIpc) is 3.45. The van der Waals surface area contributed by atoms with E-state index in [1.165, 1.54) is 24.4 Å². The topological polar surface area (TPSA) is 104 Å². The van der Waals surface area contributed by atoms with Gasteiger partial charge in [0.15, 0.2) is 5.69 Å². The molecule has 2 N–H and O–H groups in total. The number of nitrogens with one attached hydrogen (secondary N) is 2. The maximum absolute atomic E-state index is 13.7. The summed E-state index contributed by atoms with van der Waals surface area (Å²) in [5.74, 6) is -1.10. The number of hydrogen-bond acceptors (Lipinski definition) is 7. The molecular weight excluding hydrogens is 594 g/mol. The molecule has 2 aliphatic heterocycles. The predicted molar refractivity (Wildman–Crippen MR) is 149 cm³/mol. The highest BCUT2D eigenvalue weighted by molar-refractivity contribution is 5.96. The van der Waals surface area contributed by atoms with E-state index in [9.17, 15) is 35.9 Å². The molecule has 2 aromatic heterocycles. The number of carbonyl (C=O) groups excluding carboxylic acids is 2. The smallest absolute Gasteiger partial charge is 0.420 e. The highest BCUT2D eigenvalue weighted by atomic mass is 19.4. The van der Waals surface area contributed by atoms with Gasteiger partial charge in [0.25, 0.3) is 6.01 Å². The third-order valence-electron chi connectivity index (χ3n) is 7.57. The van der Waals surface area contributed by atoms with Crippen molar-refractivity contribution in [1.29, 1.82) is 0 Å². The lowest BCUT2D eigenvalue weighted by molar-refractivity contribution is -0.141. The van der Waals surface area contributed by atoms with Crippen LogP contribution in [0.5, 0.6) is 0 Å². The van der Waals surface area contributed by atoms with Crippen molar-refractivity contribution in [3.05, 3.63) is 65.2 Å². The monoisotopic (exact) mass is 624 g/mol. The zero-order valence-electron chi connectivity index (χ0n) is 23.5. The first-order valence-electron chi connectivity index (χ1n) is 14.2. The molecule has 5 rings (SSSR count). The number of para-hydroxylation sites is 1. The van der Waals surface area contributed by atoms with Crippen LogP contribution in [0.15, 0.2) is 47.0 Å². The van der Waals surface area contributed by atoms with Crippen LogP contribution < -0.4 is 20.4 Å². The minimum absolute atomic E-state index is 0.199. The Bertz CT molecular complexity index is 1460. The molecule has 236 valence electrons. The molecule has 2 aliphatic rings. The predicted octanol–water partition coefficient (Wildman–Crippen LogP) is 6.31. The van der Waals surface area contributed by atoms with E-state index in [0.29, 0.717) is 50.4 Å². The number of urea groups is 1. The number of rotatable bonds is 7. The van der Waals surface area contributed by atoms with Crippen LogP contribution in [0.1, 0.15) is 59.5 Å². The van der Waals surface area contributed by atoms with Crippen LogP contribution in [0.3, 0.4) is 0 Å². The number of benzene rings is 1. The first-order valence-corrected chi connectivity index (χ1v) is 14.2. The van der Waals surface area contributed by atoms with E-state index in [0.717, 1.165) is 25.3 Å². The first-order chi connectivity index (χ1) is 20.9. The van der Waals surface area contributed by atoms with Crippen LogP contribution in [0.25, 0.3) is 0 Å². The quantitative estimate of drug-likeness (QED) is 0.235. The Morgan fingerprint density at radius 1 is 0.886 bits per heavy atom. The van der Waals surface area contributed by atoms with Crippen LogP contribution in [-0.4, -0.2) is 54.0 Å². The normalized spacial score (nSPS) is 16.6. The van der Waals surface area contributed by atoms with Gasteiger partial charge in [-0.25, -0.2) is 9.78 Å². The number of piperidine rings is 2. The Labute approximate surface area is 248 Å². The van der Waals surface area contributed by atoms with Crippen LogP contribution in [0.2, 0.25) is 0 Å². The van der Waals surface area contributed by atoms with Crippen molar-refractivity contribution in [3.8, 4) is 0 Å². The van der Waals surface area contributed by atoms with Gasteiger partial charge in [-0.15, -0.1) is 0 Å². The summed E-state index contributed by atoms with van der Waals surface area (Å²) >= 11 is 0. The maximum Gasteiger partial charge on any atom is 0.437 e. The van der Waals surface area contributed by atoms with Crippen molar-refractivity contribution >= 4 is 29.3 Å². The number of aromatic nitrogens is 2. The molecule has 0 atom stereocenters. The second-order valence-electron chi connectivity index (χ2n) is 10.7. The van der Waals surface area contributed by atoms with Crippen LogP contribution in [0.4, 0.5) is 48.7 Å². The van der Waals surface area contributed by atoms with Gasteiger partial charge >= 0.3 is 18.4 Å². The summed E-state index contributed by atoms with van der Waals surface area (Å²) in [6.07, 6.45) is -4.83. The largest absolute Gasteiger partial charge is 0.437 e. The van der Waals surface area contributed by atoms with Crippen molar-refractivity contribution in [2.45, 2.75) is 56.9 Å². The van der Waals surface area contributed by atoms with E-state index >= 15 is 0 Å². The Kier molecular flexibility index (Phi) is 9.02. The van der Waals surface area contributed by atoms with Gasteiger partial charge in [-0.3, -0.25) is 4.79 Å². The van der Waals surface area contributed by atoms with E-state index < -0.39 is 41.2 Å². The summed E-state index contributed by atoms with van der Waals surface area (Å²) in [4.78, 5) is 36.8. The van der Waals surface area contributed by atoms with Crippen molar-refractivity contribution in [3.63, 3.8) is 0 Å². The molecule has 2 fully saturated rings. The summed E-state index contributed by atoms with van der Waals surface area (Å²) in [7, 11) is 0. The molecule has 0 saturated carbocycles. The van der Waals surface area contributed by atoms with Gasteiger partial charge in [-0.05, 0) is 55.9 Å². The minimum atomic E-state index is -4.85. The molecule has 9 nitrogen and oxygen atoms in total. The molecule has 0 aliphatic carbocycles. The molecule has 15 heteroatoms. The number of alkyl halides is 6. The Hall–Kier alpha value is -4.30. The first kappa shape index (κ1) is 31.1. The maximum atomic E-state index is 13.7.